The van der Waals surface area contributed by atoms with Gasteiger partial charge in [-0.1, -0.05) is 17.7 Å². The summed E-state index contributed by atoms with van der Waals surface area (Å²) in [6.45, 7) is 8.90. The number of aromatic nitrogens is 1. The molecule has 138 valence electrons. The molecule has 0 bridgehead atoms. The predicted molar refractivity (Wildman–Crippen MR) is 116 cm³/mol. The minimum absolute atomic E-state index is 0. The molecule has 0 aliphatic heterocycles. The molecule has 1 heterocycles. The number of thiazole rings is 1. The molecule has 0 radical (unpaired) electrons. The number of halogens is 1. The molecule has 0 atom stereocenters. The fourth-order valence-corrected chi connectivity index (χ4v) is 2.82. The van der Waals surface area contributed by atoms with Crippen LogP contribution in [0.3, 0.4) is 0 Å². The summed E-state index contributed by atoms with van der Waals surface area (Å²) >= 11 is 1.67. The van der Waals surface area contributed by atoms with E-state index in [9.17, 15) is 0 Å². The minimum atomic E-state index is 0. The third-order valence-corrected chi connectivity index (χ3v) is 4.23. The summed E-state index contributed by atoms with van der Waals surface area (Å²) in [4.78, 5) is 11.2. The maximum absolute atomic E-state index is 5.73. The molecule has 7 heteroatoms. The quantitative estimate of drug-likeness (QED) is 0.287. The zero-order chi connectivity index (χ0) is 17.4. The predicted octanol–water partition coefficient (Wildman–Crippen LogP) is 3.85. The van der Waals surface area contributed by atoms with Gasteiger partial charge in [0.15, 0.2) is 5.96 Å². The summed E-state index contributed by atoms with van der Waals surface area (Å²) in [5.74, 6) is 1.75. The first-order valence-corrected chi connectivity index (χ1v) is 9.06. The van der Waals surface area contributed by atoms with Crippen molar-refractivity contribution in [2.75, 3.05) is 26.7 Å². The highest BCUT2D eigenvalue weighted by Crippen LogP contribution is 2.11. The van der Waals surface area contributed by atoms with Gasteiger partial charge in [-0.05, 0) is 32.9 Å². The highest BCUT2D eigenvalue weighted by Gasteiger charge is 2.08. The molecule has 0 spiro atoms. The maximum Gasteiger partial charge on any atom is 0.194 e. The van der Waals surface area contributed by atoms with E-state index in [1.807, 2.05) is 38.2 Å². The molecule has 0 aliphatic carbocycles. The molecule has 5 nitrogen and oxygen atoms in total. The van der Waals surface area contributed by atoms with Gasteiger partial charge in [-0.2, -0.15) is 0 Å². The molecular formula is C18H27IN4OS. The van der Waals surface area contributed by atoms with Gasteiger partial charge in [0.25, 0.3) is 0 Å². The van der Waals surface area contributed by atoms with E-state index in [2.05, 4.69) is 39.4 Å². The van der Waals surface area contributed by atoms with Crippen LogP contribution in [0.15, 0.2) is 34.6 Å². The second-order valence-electron chi connectivity index (χ2n) is 5.61. The molecule has 2 aromatic rings. The monoisotopic (exact) mass is 474 g/mol. The number of guanidine groups is 1. The largest absolute Gasteiger partial charge is 0.492 e. The number of aliphatic imine (C=N–C) groups is 1. The van der Waals surface area contributed by atoms with Crippen LogP contribution in [0.5, 0.6) is 5.75 Å². The number of benzene rings is 1. The van der Waals surface area contributed by atoms with Gasteiger partial charge in [-0.3, -0.25) is 0 Å². The van der Waals surface area contributed by atoms with E-state index >= 15 is 0 Å². The fraction of sp³-hybridized carbons (Fsp3) is 0.444. The van der Waals surface area contributed by atoms with Crippen LogP contribution >= 0.6 is 35.3 Å². The highest BCUT2D eigenvalue weighted by atomic mass is 127. The van der Waals surface area contributed by atoms with E-state index in [0.717, 1.165) is 35.5 Å². The highest BCUT2D eigenvalue weighted by molar-refractivity contribution is 14.0. The van der Waals surface area contributed by atoms with E-state index in [-0.39, 0.29) is 24.0 Å². The Morgan fingerprint density at radius 1 is 1.28 bits per heavy atom. The zero-order valence-electron chi connectivity index (χ0n) is 15.3. The van der Waals surface area contributed by atoms with Crippen LogP contribution in [0.4, 0.5) is 0 Å². The topological polar surface area (TPSA) is 49.8 Å². The van der Waals surface area contributed by atoms with Crippen LogP contribution in [-0.2, 0) is 6.54 Å². The van der Waals surface area contributed by atoms with Crippen LogP contribution < -0.4 is 10.1 Å². The number of nitrogens with zero attached hydrogens (tertiary/aromatic N) is 3. The average Bonchev–Trinajstić information content (AvgIpc) is 2.97. The van der Waals surface area contributed by atoms with Crippen molar-refractivity contribution in [2.45, 2.75) is 27.3 Å². The van der Waals surface area contributed by atoms with Gasteiger partial charge in [0, 0.05) is 19.0 Å². The van der Waals surface area contributed by atoms with Crippen LogP contribution in [0.25, 0.3) is 0 Å². The van der Waals surface area contributed by atoms with Gasteiger partial charge in [-0.25, -0.2) is 9.98 Å². The van der Waals surface area contributed by atoms with Crippen molar-refractivity contribution >= 4 is 41.3 Å². The molecule has 0 aliphatic rings. The van der Waals surface area contributed by atoms with E-state index in [0.29, 0.717) is 13.2 Å². The molecule has 25 heavy (non-hydrogen) atoms. The lowest BCUT2D eigenvalue weighted by atomic mass is 10.2. The van der Waals surface area contributed by atoms with Crippen molar-refractivity contribution in [3.05, 3.63) is 45.9 Å². The van der Waals surface area contributed by atoms with Crippen molar-refractivity contribution in [1.29, 1.82) is 0 Å². The molecule has 0 amide bonds. The second-order valence-corrected chi connectivity index (χ2v) is 6.67. The smallest absolute Gasteiger partial charge is 0.194 e. The maximum atomic E-state index is 5.73. The molecule has 1 N–H and O–H groups in total. The third-order valence-electron chi connectivity index (χ3n) is 3.40. The zero-order valence-corrected chi connectivity index (χ0v) is 18.4. The molecule has 1 aromatic carbocycles. The van der Waals surface area contributed by atoms with Gasteiger partial charge in [-0.15, -0.1) is 35.3 Å². The molecule has 0 fully saturated rings. The van der Waals surface area contributed by atoms with Crippen molar-refractivity contribution in [3.8, 4) is 5.75 Å². The van der Waals surface area contributed by atoms with Crippen LogP contribution in [0.2, 0.25) is 0 Å². The SMILES string of the molecule is CCNC(=NCCOc1ccc(C)cc1)N(C)Cc1csc(C)n1.I. The van der Waals surface area contributed by atoms with Gasteiger partial charge in [0.1, 0.15) is 12.4 Å². The normalized spacial score (nSPS) is 11.0. The summed E-state index contributed by atoms with van der Waals surface area (Å²) in [5, 5.41) is 6.49. The Morgan fingerprint density at radius 2 is 2.00 bits per heavy atom. The molecule has 0 saturated carbocycles. The van der Waals surface area contributed by atoms with Gasteiger partial charge >= 0.3 is 0 Å². The Hall–Kier alpha value is -1.35. The first-order valence-electron chi connectivity index (χ1n) is 8.18. The molecule has 0 unspecified atom stereocenters. The number of aryl methyl sites for hydroxylation is 2. The Kier molecular flexibility index (Phi) is 9.81. The lowest BCUT2D eigenvalue weighted by Gasteiger charge is -2.21. The number of nitrogens with one attached hydrogen (secondary N) is 1. The van der Waals surface area contributed by atoms with Gasteiger partial charge < -0.3 is 15.0 Å². The lowest BCUT2D eigenvalue weighted by molar-refractivity contribution is 0.327. The fourth-order valence-electron chi connectivity index (χ4n) is 2.22. The summed E-state index contributed by atoms with van der Waals surface area (Å²) in [6, 6.07) is 8.07. The van der Waals surface area contributed by atoms with E-state index in [1.165, 1.54) is 5.56 Å². The van der Waals surface area contributed by atoms with E-state index in [4.69, 9.17) is 4.74 Å². The Balaban J connectivity index is 0.00000312. The number of rotatable bonds is 7. The summed E-state index contributed by atoms with van der Waals surface area (Å²) in [7, 11) is 2.02. The first kappa shape index (κ1) is 21.7. The van der Waals surface area contributed by atoms with E-state index < -0.39 is 0 Å². The average molecular weight is 474 g/mol. The third kappa shape index (κ3) is 7.60. The standard InChI is InChI=1S/C18H26N4OS.HI/c1-5-19-18(22(4)12-16-13-24-15(3)21-16)20-10-11-23-17-8-6-14(2)7-9-17;/h6-9,13H,5,10-12H2,1-4H3,(H,19,20);1H. The van der Waals surface area contributed by atoms with Gasteiger partial charge in [0.05, 0.1) is 23.8 Å². The lowest BCUT2D eigenvalue weighted by Crippen LogP contribution is -2.38. The summed E-state index contributed by atoms with van der Waals surface area (Å²) in [6.07, 6.45) is 0. The Morgan fingerprint density at radius 3 is 2.60 bits per heavy atom. The number of ether oxygens (including phenoxy) is 1. The number of hydrogen-bond acceptors (Lipinski definition) is 4. The van der Waals surface area contributed by atoms with Crippen LogP contribution in [0.1, 0.15) is 23.2 Å². The minimum Gasteiger partial charge on any atom is -0.492 e. The Bertz CT molecular complexity index is 657. The summed E-state index contributed by atoms with van der Waals surface area (Å²) < 4.78 is 5.73. The van der Waals surface area contributed by atoms with Crippen molar-refractivity contribution in [3.63, 3.8) is 0 Å². The molecule has 0 saturated heterocycles. The number of hydrogen-bond donors (Lipinski definition) is 1. The Labute approximate surface area is 171 Å². The second kappa shape index (κ2) is 11.3. The first-order chi connectivity index (χ1) is 11.6. The summed E-state index contributed by atoms with van der Waals surface area (Å²) in [5.41, 5.74) is 2.30. The molecular weight excluding hydrogens is 447 g/mol. The van der Waals surface area contributed by atoms with Crippen LogP contribution in [-0.4, -0.2) is 42.6 Å². The van der Waals surface area contributed by atoms with Crippen molar-refractivity contribution in [1.82, 2.24) is 15.2 Å². The molecule has 1 aromatic heterocycles. The molecule has 2 rings (SSSR count). The van der Waals surface area contributed by atoms with E-state index in [1.54, 1.807) is 11.3 Å². The van der Waals surface area contributed by atoms with Gasteiger partial charge in [0.2, 0.25) is 0 Å². The van der Waals surface area contributed by atoms with Crippen molar-refractivity contribution in [2.24, 2.45) is 4.99 Å². The van der Waals surface area contributed by atoms with Crippen molar-refractivity contribution < 1.29 is 4.74 Å². The van der Waals surface area contributed by atoms with Crippen LogP contribution in [0, 0.1) is 13.8 Å².